The number of fused-ring (bicyclic) bond motifs is 5. The highest BCUT2D eigenvalue weighted by molar-refractivity contribution is 7.18. The summed E-state index contributed by atoms with van der Waals surface area (Å²) in [6.45, 7) is 0. The molecule has 10 aromatic rings. The Morgan fingerprint density at radius 2 is 1.20 bits per heavy atom. The third-order valence-electron chi connectivity index (χ3n) is 9.18. The third kappa shape index (κ3) is 4.47. The average molecular weight is 645 g/mol. The smallest absolute Gasteiger partial charge is 0.101 e. The van der Waals surface area contributed by atoms with E-state index in [4.69, 9.17) is 25.0 Å². The lowest BCUT2D eigenvalue weighted by atomic mass is 9.87. The predicted octanol–water partition coefficient (Wildman–Crippen LogP) is 10.6. The van der Waals surface area contributed by atoms with Crippen molar-refractivity contribution < 1.29 is 0 Å². The van der Waals surface area contributed by atoms with Crippen molar-refractivity contribution in [3.8, 4) is 45.0 Å². The Balaban J connectivity index is 1.41. The lowest BCUT2D eigenvalue weighted by molar-refractivity contribution is 1.06. The second-order valence-electron chi connectivity index (χ2n) is 12.0. The van der Waals surface area contributed by atoms with Gasteiger partial charge in [0.25, 0.3) is 0 Å². The van der Waals surface area contributed by atoms with Crippen LogP contribution >= 0.6 is 11.3 Å². The Morgan fingerprint density at radius 3 is 2.08 bits per heavy atom. The molecule has 0 amide bonds. The van der Waals surface area contributed by atoms with Gasteiger partial charge in [-0.3, -0.25) is 9.97 Å². The maximum Gasteiger partial charge on any atom is 0.101 e. The van der Waals surface area contributed by atoms with Crippen LogP contribution in [0.25, 0.3) is 98.6 Å². The van der Waals surface area contributed by atoms with Crippen molar-refractivity contribution in [1.29, 1.82) is 0 Å². The van der Waals surface area contributed by atoms with E-state index in [1.54, 1.807) is 11.3 Å². The van der Waals surface area contributed by atoms with Gasteiger partial charge in [0, 0.05) is 65.5 Å². The van der Waals surface area contributed by atoms with Crippen LogP contribution in [0.4, 0.5) is 0 Å². The molecule has 0 N–H and O–H groups in total. The van der Waals surface area contributed by atoms with E-state index in [1.807, 2.05) is 67.1 Å². The van der Waals surface area contributed by atoms with Gasteiger partial charge in [0.15, 0.2) is 0 Å². The van der Waals surface area contributed by atoms with E-state index in [-0.39, 0.29) is 0 Å². The molecule has 5 heterocycles. The fourth-order valence-electron chi connectivity index (χ4n) is 6.92. The SMILES string of the molecule is c1ccc2nc(-c3csc4cc(-c5nncc6ccccc56)c(-c5cnc6ccccc6n5)c(-c5nccc6ccccc56)c34)ccc2c1. The van der Waals surface area contributed by atoms with Crippen LogP contribution in [-0.2, 0) is 0 Å². The first-order valence-corrected chi connectivity index (χ1v) is 16.9. The normalized spacial score (nSPS) is 11.7. The topological polar surface area (TPSA) is 77.3 Å². The summed E-state index contributed by atoms with van der Waals surface area (Å²) in [4.78, 5) is 20.5. The molecule has 49 heavy (non-hydrogen) atoms. The molecule has 5 aromatic carbocycles. The van der Waals surface area contributed by atoms with Crippen LogP contribution in [0.5, 0.6) is 0 Å². The van der Waals surface area contributed by atoms with Crippen LogP contribution in [-0.4, -0.2) is 30.1 Å². The molecule has 0 spiro atoms. The van der Waals surface area contributed by atoms with Gasteiger partial charge in [0.05, 0.1) is 46.0 Å². The molecule has 0 bridgehead atoms. The summed E-state index contributed by atoms with van der Waals surface area (Å²) >= 11 is 1.70. The zero-order valence-electron chi connectivity index (χ0n) is 25.9. The minimum Gasteiger partial charge on any atom is -0.256 e. The Morgan fingerprint density at radius 1 is 0.490 bits per heavy atom. The molecule has 0 radical (unpaired) electrons. The van der Waals surface area contributed by atoms with Gasteiger partial charge in [-0.15, -0.1) is 16.4 Å². The molecule has 0 aliphatic carbocycles. The standard InChI is InChI=1S/C42H24N6S/c1-4-12-28-25(9-1)19-20-43-42(28)40-38(36-23-44-34-15-7-8-16-35(34)47-36)30(41-29-13-5-2-11-27(29)22-45-48-41)21-37-39(40)31(24-49-37)33-18-17-26-10-3-6-14-32(26)46-33/h1-24H. The first-order valence-electron chi connectivity index (χ1n) is 16.0. The maximum atomic E-state index is 5.26. The van der Waals surface area contributed by atoms with Gasteiger partial charge >= 0.3 is 0 Å². The Bertz CT molecular complexity index is 2900. The summed E-state index contributed by atoms with van der Waals surface area (Å²) in [6, 6.07) is 41.4. The minimum absolute atomic E-state index is 0.735. The molecule has 0 aliphatic heterocycles. The molecule has 7 heteroatoms. The van der Waals surface area contributed by atoms with E-state index in [2.05, 4.69) is 83.3 Å². The Labute approximate surface area is 284 Å². The van der Waals surface area contributed by atoms with E-state index >= 15 is 0 Å². The molecule has 6 nitrogen and oxygen atoms in total. The molecule has 0 atom stereocenters. The van der Waals surface area contributed by atoms with Crippen LogP contribution in [0.2, 0.25) is 0 Å². The third-order valence-corrected chi connectivity index (χ3v) is 10.1. The summed E-state index contributed by atoms with van der Waals surface area (Å²) < 4.78 is 1.09. The van der Waals surface area contributed by atoms with Crippen molar-refractivity contribution in [3.05, 3.63) is 145 Å². The lowest BCUT2D eigenvalue weighted by Gasteiger charge is -2.19. The molecule has 0 saturated heterocycles. The van der Waals surface area contributed by atoms with Crippen molar-refractivity contribution in [2.75, 3.05) is 0 Å². The van der Waals surface area contributed by atoms with Crippen molar-refractivity contribution in [2.24, 2.45) is 0 Å². The summed E-state index contributed by atoms with van der Waals surface area (Å²) in [5, 5.41) is 17.8. The van der Waals surface area contributed by atoms with Crippen molar-refractivity contribution in [1.82, 2.24) is 30.1 Å². The first-order chi connectivity index (χ1) is 24.3. The van der Waals surface area contributed by atoms with E-state index < -0.39 is 0 Å². The van der Waals surface area contributed by atoms with Gasteiger partial charge in [0.1, 0.15) is 5.69 Å². The molecule has 0 fully saturated rings. The van der Waals surface area contributed by atoms with Gasteiger partial charge in [-0.25, -0.2) is 9.97 Å². The molecule has 228 valence electrons. The highest BCUT2D eigenvalue weighted by Crippen LogP contribution is 2.50. The molecule has 0 aliphatic rings. The minimum atomic E-state index is 0.735. The Hall–Kier alpha value is -6.44. The number of thiophene rings is 1. The number of hydrogen-bond acceptors (Lipinski definition) is 7. The quantitative estimate of drug-likeness (QED) is 0.190. The van der Waals surface area contributed by atoms with Gasteiger partial charge < -0.3 is 0 Å². The number of benzene rings is 5. The van der Waals surface area contributed by atoms with E-state index in [0.717, 1.165) is 98.6 Å². The second-order valence-corrected chi connectivity index (χ2v) is 12.9. The number of nitrogens with zero attached hydrogens (tertiary/aromatic N) is 6. The van der Waals surface area contributed by atoms with Crippen LogP contribution in [0, 0.1) is 0 Å². The zero-order valence-corrected chi connectivity index (χ0v) is 26.8. The highest BCUT2D eigenvalue weighted by Gasteiger charge is 2.26. The summed E-state index contributed by atoms with van der Waals surface area (Å²) in [5.41, 5.74) is 9.72. The highest BCUT2D eigenvalue weighted by atomic mass is 32.1. The van der Waals surface area contributed by atoms with Gasteiger partial charge in [-0.05, 0) is 41.8 Å². The first kappa shape index (κ1) is 27.7. The second kappa shape index (κ2) is 11.1. The summed E-state index contributed by atoms with van der Waals surface area (Å²) in [7, 11) is 0. The molecular weight excluding hydrogens is 621 g/mol. The maximum absolute atomic E-state index is 5.26. The van der Waals surface area contributed by atoms with Crippen molar-refractivity contribution in [3.63, 3.8) is 0 Å². The number of aromatic nitrogens is 6. The van der Waals surface area contributed by atoms with Crippen LogP contribution in [0.15, 0.2) is 145 Å². The van der Waals surface area contributed by atoms with Gasteiger partial charge in [0.2, 0.25) is 0 Å². The van der Waals surface area contributed by atoms with Crippen molar-refractivity contribution >= 4 is 64.9 Å². The predicted molar refractivity (Wildman–Crippen MR) is 200 cm³/mol. The lowest BCUT2D eigenvalue weighted by Crippen LogP contribution is -2.00. The fraction of sp³-hybridized carbons (Fsp3) is 0. The zero-order chi connectivity index (χ0) is 32.3. The van der Waals surface area contributed by atoms with Gasteiger partial charge in [-0.1, -0.05) is 84.9 Å². The van der Waals surface area contributed by atoms with E-state index in [0.29, 0.717) is 0 Å². The van der Waals surface area contributed by atoms with Crippen LogP contribution in [0.3, 0.4) is 0 Å². The van der Waals surface area contributed by atoms with E-state index in [9.17, 15) is 0 Å². The number of pyridine rings is 2. The van der Waals surface area contributed by atoms with Crippen molar-refractivity contribution in [2.45, 2.75) is 0 Å². The van der Waals surface area contributed by atoms with E-state index in [1.165, 1.54) is 0 Å². The molecule has 0 saturated carbocycles. The molecular formula is C42H24N6S. The summed E-state index contributed by atoms with van der Waals surface area (Å²) in [5.74, 6) is 0. The molecule has 0 unspecified atom stereocenters. The number of rotatable bonds is 4. The van der Waals surface area contributed by atoms with Crippen LogP contribution < -0.4 is 0 Å². The average Bonchev–Trinajstić information content (AvgIpc) is 3.60. The molecule has 10 rings (SSSR count). The number of para-hydroxylation sites is 3. The largest absolute Gasteiger partial charge is 0.256 e. The Kier molecular flexibility index (Phi) is 6.25. The van der Waals surface area contributed by atoms with Gasteiger partial charge in [-0.2, -0.15) is 5.10 Å². The summed E-state index contributed by atoms with van der Waals surface area (Å²) in [6.07, 6.45) is 5.58. The monoisotopic (exact) mass is 644 g/mol. The number of hydrogen-bond donors (Lipinski definition) is 0. The molecule has 5 aromatic heterocycles. The van der Waals surface area contributed by atoms with Crippen LogP contribution in [0.1, 0.15) is 0 Å². The fourth-order valence-corrected chi connectivity index (χ4v) is 7.92.